The number of rotatable bonds is 7. The molecule has 1 atom stereocenters. The van der Waals surface area contributed by atoms with Crippen molar-refractivity contribution >= 4 is 5.97 Å². The molecule has 0 amide bonds. The molecule has 0 bridgehead atoms. The molecule has 0 radical (unpaired) electrons. The minimum Gasteiger partial charge on any atom is -0.460 e. The van der Waals surface area contributed by atoms with Gasteiger partial charge in [0.25, 0.3) is 0 Å². The van der Waals surface area contributed by atoms with Crippen LogP contribution in [0.5, 0.6) is 0 Å². The van der Waals surface area contributed by atoms with Crippen LogP contribution in [0.4, 0.5) is 0 Å². The molecule has 1 unspecified atom stereocenters. The van der Waals surface area contributed by atoms with Crippen LogP contribution >= 0.6 is 0 Å². The number of hydrogen-bond donors (Lipinski definition) is 3. The Morgan fingerprint density at radius 1 is 1.38 bits per heavy atom. The molecule has 0 aromatic carbocycles. The third-order valence-electron chi connectivity index (χ3n) is 2.05. The van der Waals surface area contributed by atoms with E-state index < -0.39 is 17.5 Å². The highest BCUT2D eigenvalue weighted by molar-refractivity contribution is 5.81. The van der Waals surface area contributed by atoms with Crippen molar-refractivity contribution in [3.8, 4) is 0 Å². The Kier molecular flexibility index (Phi) is 5.60. The van der Waals surface area contributed by atoms with Crippen LogP contribution in [0.15, 0.2) is 12.7 Å². The zero-order valence-corrected chi connectivity index (χ0v) is 9.47. The Morgan fingerprint density at radius 2 is 1.94 bits per heavy atom. The number of carbonyl (C=O) groups is 1. The van der Waals surface area contributed by atoms with Gasteiger partial charge in [0.2, 0.25) is 11.6 Å². The van der Waals surface area contributed by atoms with Gasteiger partial charge in [-0.1, -0.05) is 13.5 Å². The fraction of sp³-hybridized carbons (Fsp3) is 0.700. The molecule has 0 aliphatic carbocycles. The van der Waals surface area contributed by atoms with E-state index in [2.05, 4.69) is 11.3 Å². The zero-order valence-electron chi connectivity index (χ0n) is 9.47. The lowest BCUT2D eigenvalue weighted by atomic mass is 10.1. The summed E-state index contributed by atoms with van der Waals surface area (Å²) in [6.07, 6.45) is 0.972. The summed E-state index contributed by atoms with van der Waals surface area (Å²) in [7, 11) is 0. The number of esters is 1. The van der Waals surface area contributed by atoms with Gasteiger partial charge in [-0.3, -0.25) is 0 Å². The second-order valence-electron chi connectivity index (χ2n) is 3.38. The average Bonchev–Trinajstić information content (AvgIpc) is 2.21. The molecule has 94 valence electrons. The van der Waals surface area contributed by atoms with Crippen LogP contribution < -0.4 is 0 Å². The Morgan fingerprint density at radius 3 is 2.31 bits per heavy atom. The molecular weight excluding hydrogens is 216 g/mol. The molecule has 0 saturated carbocycles. The van der Waals surface area contributed by atoms with E-state index in [-0.39, 0.29) is 19.6 Å². The molecule has 6 heteroatoms. The summed E-state index contributed by atoms with van der Waals surface area (Å²) in [6, 6.07) is 0. The summed E-state index contributed by atoms with van der Waals surface area (Å²) in [5.41, 5.74) is 0. The molecule has 0 aromatic rings. The molecule has 0 rings (SSSR count). The quantitative estimate of drug-likeness (QED) is 0.238. The Labute approximate surface area is 94.1 Å². The van der Waals surface area contributed by atoms with E-state index in [4.69, 9.17) is 4.74 Å². The van der Waals surface area contributed by atoms with Gasteiger partial charge in [0, 0.05) is 12.5 Å². The topological polar surface area (TPSA) is 96.2 Å². The predicted octanol–water partition coefficient (Wildman–Crippen LogP) is -0.468. The van der Waals surface area contributed by atoms with Crippen LogP contribution in [-0.2, 0) is 14.3 Å². The van der Waals surface area contributed by atoms with Crippen molar-refractivity contribution in [3.63, 3.8) is 0 Å². The molecule has 0 saturated heterocycles. The maximum absolute atomic E-state index is 10.6. The molecule has 0 spiro atoms. The first-order chi connectivity index (χ1) is 7.27. The third kappa shape index (κ3) is 4.28. The smallest absolute Gasteiger partial charge is 0.330 e. The van der Waals surface area contributed by atoms with Crippen LogP contribution in [0.1, 0.15) is 20.3 Å². The van der Waals surface area contributed by atoms with Crippen LogP contribution in [0.25, 0.3) is 0 Å². The highest BCUT2D eigenvalue weighted by Crippen LogP contribution is 2.24. The highest BCUT2D eigenvalue weighted by Gasteiger charge is 2.44. The molecule has 0 fully saturated rings. The van der Waals surface area contributed by atoms with Crippen molar-refractivity contribution in [2.24, 2.45) is 0 Å². The SMILES string of the molecule is C=CC(=O)OCCOC(O)(CC)C(C)(O)O. The molecule has 0 aliphatic rings. The Bertz CT molecular complexity index is 244. The first-order valence-corrected chi connectivity index (χ1v) is 4.87. The summed E-state index contributed by atoms with van der Waals surface area (Å²) >= 11 is 0. The van der Waals surface area contributed by atoms with E-state index >= 15 is 0 Å². The highest BCUT2D eigenvalue weighted by atomic mass is 16.7. The molecule has 0 aromatic heterocycles. The lowest BCUT2D eigenvalue weighted by Crippen LogP contribution is -2.54. The summed E-state index contributed by atoms with van der Waals surface area (Å²) in [5.74, 6) is -5.09. The molecule has 0 heterocycles. The van der Waals surface area contributed by atoms with Crippen LogP contribution in [0, 0.1) is 0 Å². The number of ether oxygens (including phenoxy) is 2. The average molecular weight is 234 g/mol. The van der Waals surface area contributed by atoms with E-state index in [1.807, 2.05) is 0 Å². The number of carbonyl (C=O) groups excluding carboxylic acids is 1. The summed E-state index contributed by atoms with van der Waals surface area (Å²) in [4.78, 5) is 10.6. The maximum atomic E-state index is 10.6. The summed E-state index contributed by atoms with van der Waals surface area (Å²) < 4.78 is 9.47. The lowest BCUT2D eigenvalue weighted by Gasteiger charge is -2.35. The molecule has 0 aliphatic heterocycles. The molecular formula is C10H18O6. The van der Waals surface area contributed by atoms with Gasteiger partial charge in [-0.05, 0) is 6.92 Å². The van der Waals surface area contributed by atoms with Crippen LogP contribution in [-0.4, -0.2) is 46.1 Å². The minimum atomic E-state index is -2.38. The van der Waals surface area contributed by atoms with E-state index in [9.17, 15) is 20.1 Å². The molecule has 6 nitrogen and oxygen atoms in total. The number of aliphatic hydroxyl groups is 3. The fourth-order valence-corrected chi connectivity index (χ4v) is 0.985. The summed E-state index contributed by atoms with van der Waals surface area (Å²) in [6.45, 7) is 5.47. The Balaban J connectivity index is 4.07. The summed E-state index contributed by atoms with van der Waals surface area (Å²) in [5, 5.41) is 28.2. The van der Waals surface area contributed by atoms with E-state index in [1.165, 1.54) is 6.92 Å². The number of hydrogen-bond acceptors (Lipinski definition) is 6. The standard InChI is InChI=1S/C10H18O6/c1-4-8(11)15-6-7-16-10(14,5-2)9(3,12)13/h4,12-14H,1,5-7H2,2-3H3. The minimum absolute atomic E-state index is 0.0219. The van der Waals surface area contributed by atoms with Gasteiger partial charge in [0.05, 0.1) is 6.61 Å². The predicted molar refractivity (Wildman–Crippen MR) is 55.2 cm³/mol. The molecule has 3 N–H and O–H groups in total. The van der Waals surface area contributed by atoms with E-state index in [0.717, 1.165) is 13.0 Å². The van der Waals surface area contributed by atoms with Gasteiger partial charge in [-0.25, -0.2) is 4.79 Å². The van der Waals surface area contributed by atoms with Crippen molar-refractivity contribution in [1.29, 1.82) is 0 Å². The normalized spacial score (nSPS) is 15.3. The van der Waals surface area contributed by atoms with Gasteiger partial charge in [0.15, 0.2) is 0 Å². The maximum Gasteiger partial charge on any atom is 0.330 e. The van der Waals surface area contributed by atoms with Gasteiger partial charge >= 0.3 is 5.97 Å². The van der Waals surface area contributed by atoms with Crippen molar-refractivity contribution in [1.82, 2.24) is 0 Å². The fourth-order valence-electron chi connectivity index (χ4n) is 0.985. The van der Waals surface area contributed by atoms with E-state index in [0.29, 0.717) is 0 Å². The second-order valence-corrected chi connectivity index (χ2v) is 3.38. The lowest BCUT2D eigenvalue weighted by molar-refractivity contribution is -0.366. The van der Waals surface area contributed by atoms with Crippen molar-refractivity contribution < 1.29 is 29.6 Å². The first kappa shape index (κ1) is 15.0. The largest absolute Gasteiger partial charge is 0.460 e. The van der Waals surface area contributed by atoms with Crippen LogP contribution in [0.2, 0.25) is 0 Å². The third-order valence-corrected chi connectivity index (χ3v) is 2.05. The van der Waals surface area contributed by atoms with Gasteiger partial charge in [-0.15, -0.1) is 0 Å². The first-order valence-electron chi connectivity index (χ1n) is 4.87. The molecule has 16 heavy (non-hydrogen) atoms. The van der Waals surface area contributed by atoms with E-state index in [1.54, 1.807) is 0 Å². The van der Waals surface area contributed by atoms with Gasteiger partial charge < -0.3 is 24.8 Å². The van der Waals surface area contributed by atoms with Crippen molar-refractivity contribution in [2.45, 2.75) is 31.8 Å². The van der Waals surface area contributed by atoms with Crippen molar-refractivity contribution in [3.05, 3.63) is 12.7 Å². The van der Waals surface area contributed by atoms with Gasteiger partial charge in [-0.2, -0.15) is 0 Å². The van der Waals surface area contributed by atoms with Crippen molar-refractivity contribution in [2.75, 3.05) is 13.2 Å². The Hall–Kier alpha value is -0.950. The van der Waals surface area contributed by atoms with Crippen LogP contribution in [0.3, 0.4) is 0 Å². The monoisotopic (exact) mass is 234 g/mol. The zero-order chi connectivity index (χ0) is 12.8. The second kappa shape index (κ2) is 5.95. The van der Waals surface area contributed by atoms with Gasteiger partial charge in [0.1, 0.15) is 6.61 Å².